The molecule has 2 N–H and O–H groups in total. The maximum atomic E-state index is 13.6. The highest BCUT2D eigenvalue weighted by Crippen LogP contribution is 2.13. The number of carbonyl (C=O) groups is 1. The van der Waals surface area contributed by atoms with E-state index in [2.05, 4.69) is 15.6 Å². The van der Waals surface area contributed by atoms with Gasteiger partial charge in [0.15, 0.2) is 0 Å². The number of anilines is 2. The molecule has 6 heteroatoms. The average Bonchev–Trinajstić information content (AvgIpc) is 2.66. The van der Waals surface area contributed by atoms with Gasteiger partial charge in [-0.15, -0.1) is 0 Å². The van der Waals surface area contributed by atoms with Crippen LogP contribution in [0.3, 0.4) is 0 Å². The summed E-state index contributed by atoms with van der Waals surface area (Å²) in [5.41, 5.74) is 1.51. The molecule has 4 nitrogen and oxygen atoms in total. The topological polar surface area (TPSA) is 54.0 Å². The number of nitrogens with one attached hydrogen (secondary N) is 2. The van der Waals surface area contributed by atoms with E-state index >= 15 is 0 Å². The van der Waals surface area contributed by atoms with Crippen LogP contribution in [0.15, 0.2) is 66.9 Å². The summed E-state index contributed by atoms with van der Waals surface area (Å²) in [6.07, 6.45) is 2.01. The highest BCUT2D eigenvalue weighted by Gasteiger charge is 2.08. The van der Waals surface area contributed by atoms with Crippen LogP contribution < -0.4 is 10.6 Å². The molecule has 2 aromatic carbocycles. The SMILES string of the molecule is O=C(Cc1ccccc1F)Nc1ccc(NCCc2ccccc2F)nc1. The summed E-state index contributed by atoms with van der Waals surface area (Å²) in [6.45, 7) is 0.535. The van der Waals surface area contributed by atoms with Gasteiger partial charge in [-0.25, -0.2) is 13.8 Å². The van der Waals surface area contributed by atoms with E-state index in [-0.39, 0.29) is 18.1 Å². The van der Waals surface area contributed by atoms with Crippen LogP contribution in [0, 0.1) is 11.6 Å². The quantitative estimate of drug-likeness (QED) is 0.658. The average molecular weight is 367 g/mol. The van der Waals surface area contributed by atoms with Crippen molar-refractivity contribution in [2.45, 2.75) is 12.8 Å². The zero-order chi connectivity index (χ0) is 19.1. The first-order chi connectivity index (χ1) is 13.1. The number of nitrogens with zero attached hydrogens (tertiary/aromatic N) is 1. The van der Waals surface area contributed by atoms with E-state index in [1.165, 1.54) is 18.3 Å². The smallest absolute Gasteiger partial charge is 0.228 e. The highest BCUT2D eigenvalue weighted by atomic mass is 19.1. The third kappa shape index (κ3) is 5.34. The number of rotatable bonds is 7. The Morgan fingerprint density at radius 1 is 0.889 bits per heavy atom. The number of amides is 1. The Bertz CT molecular complexity index is 913. The molecule has 0 aliphatic heterocycles. The van der Waals surface area contributed by atoms with Gasteiger partial charge in [-0.2, -0.15) is 0 Å². The Kier molecular flexibility index (Phi) is 6.10. The first-order valence-corrected chi connectivity index (χ1v) is 8.58. The van der Waals surface area contributed by atoms with Crippen molar-refractivity contribution in [1.82, 2.24) is 4.98 Å². The minimum atomic E-state index is -0.403. The number of benzene rings is 2. The van der Waals surface area contributed by atoms with Crippen LogP contribution in [-0.2, 0) is 17.6 Å². The summed E-state index contributed by atoms with van der Waals surface area (Å²) >= 11 is 0. The van der Waals surface area contributed by atoms with Gasteiger partial charge in [0.25, 0.3) is 0 Å². The summed E-state index contributed by atoms with van der Waals surface area (Å²) in [5.74, 6) is -0.319. The maximum Gasteiger partial charge on any atom is 0.228 e. The zero-order valence-corrected chi connectivity index (χ0v) is 14.6. The Hall–Kier alpha value is -3.28. The minimum Gasteiger partial charge on any atom is -0.370 e. The summed E-state index contributed by atoms with van der Waals surface area (Å²) in [4.78, 5) is 16.2. The third-order valence-corrected chi connectivity index (χ3v) is 4.01. The molecular formula is C21H19F2N3O. The Balaban J connectivity index is 1.49. The van der Waals surface area contributed by atoms with Crippen molar-refractivity contribution in [1.29, 1.82) is 0 Å². The van der Waals surface area contributed by atoms with Crippen molar-refractivity contribution in [2.24, 2.45) is 0 Å². The standard InChI is InChI=1S/C21H19F2N3O/c22-18-7-3-1-5-15(18)11-12-24-20-10-9-17(14-25-20)26-21(27)13-16-6-2-4-8-19(16)23/h1-10,14H,11-13H2,(H,24,25)(H,26,27). The fraction of sp³-hybridized carbons (Fsp3) is 0.143. The van der Waals surface area contributed by atoms with Gasteiger partial charge in [0.2, 0.25) is 5.91 Å². The normalized spacial score (nSPS) is 10.4. The van der Waals surface area contributed by atoms with Crippen LogP contribution in [0.2, 0.25) is 0 Å². The second kappa shape index (κ2) is 8.89. The van der Waals surface area contributed by atoms with E-state index in [0.29, 0.717) is 35.6 Å². The molecule has 1 heterocycles. The molecule has 0 spiro atoms. The summed E-state index contributed by atoms with van der Waals surface area (Å²) in [6, 6.07) is 16.3. The lowest BCUT2D eigenvalue weighted by Gasteiger charge is -2.09. The number of hydrogen-bond acceptors (Lipinski definition) is 3. The summed E-state index contributed by atoms with van der Waals surface area (Å²) in [7, 11) is 0. The first kappa shape index (κ1) is 18.5. The Morgan fingerprint density at radius 2 is 1.56 bits per heavy atom. The van der Waals surface area contributed by atoms with E-state index in [1.54, 1.807) is 48.5 Å². The van der Waals surface area contributed by atoms with Crippen molar-refractivity contribution in [3.8, 4) is 0 Å². The molecule has 0 saturated carbocycles. The minimum absolute atomic E-state index is 0.0463. The zero-order valence-electron chi connectivity index (χ0n) is 14.6. The van der Waals surface area contributed by atoms with Gasteiger partial charge in [0.05, 0.1) is 18.3 Å². The Morgan fingerprint density at radius 3 is 2.19 bits per heavy atom. The fourth-order valence-electron chi connectivity index (χ4n) is 2.62. The van der Waals surface area contributed by atoms with E-state index in [1.807, 2.05) is 0 Å². The molecule has 0 aliphatic carbocycles. The number of pyridine rings is 1. The molecule has 1 aromatic heterocycles. The monoisotopic (exact) mass is 367 g/mol. The van der Waals surface area contributed by atoms with Crippen LogP contribution in [0.4, 0.5) is 20.3 Å². The molecule has 0 radical (unpaired) electrons. The molecule has 0 atom stereocenters. The predicted molar refractivity (Wildman–Crippen MR) is 102 cm³/mol. The lowest BCUT2D eigenvalue weighted by molar-refractivity contribution is -0.115. The predicted octanol–water partition coefficient (Wildman–Crippen LogP) is 4.20. The maximum absolute atomic E-state index is 13.6. The highest BCUT2D eigenvalue weighted by molar-refractivity contribution is 5.92. The van der Waals surface area contributed by atoms with Crippen LogP contribution in [0.1, 0.15) is 11.1 Å². The van der Waals surface area contributed by atoms with Gasteiger partial charge in [0.1, 0.15) is 17.5 Å². The van der Waals surface area contributed by atoms with Crippen molar-refractivity contribution in [3.05, 3.63) is 89.6 Å². The van der Waals surface area contributed by atoms with Crippen LogP contribution >= 0.6 is 0 Å². The lowest BCUT2D eigenvalue weighted by atomic mass is 10.1. The van der Waals surface area contributed by atoms with Crippen molar-refractivity contribution >= 4 is 17.4 Å². The second-order valence-electron chi connectivity index (χ2n) is 6.02. The molecular weight excluding hydrogens is 348 g/mol. The largest absolute Gasteiger partial charge is 0.370 e. The molecule has 0 bridgehead atoms. The van der Waals surface area contributed by atoms with Crippen molar-refractivity contribution in [3.63, 3.8) is 0 Å². The van der Waals surface area contributed by atoms with E-state index < -0.39 is 5.82 Å². The van der Waals surface area contributed by atoms with Gasteiger partial charge in [-0.3, -0.25) is 4.79 Å². The second-order valence-corrected chi connectivity index (χ2v) is 6.02. The number of aromatic nitrogens is 1. The molecule has 0 saturated heterocycles. The van der Waals surface area contributed by atoms with E-state index in [0.717, 1.165) is 0 Å². The van der Waals surface area contributed by atoms with Gasteiger partial charge in [0, 0.05) is 6.54 Å². The molecule has 27 heavy (non-hydrogen) atoms. The van der Waals surface area contributed by atoms with Gasteiger partial charge >= 0.3 is 0 Å². The van der Waals surface area contributed by atoms with Crippen LogP contribution in [0.25, 0.3) is 0 Å². The molecule has 0 fully saturated rings. The van der Waals surface area contributed by atoms with Crippen molar-refractivity contribution in [2.75, 3.05) is 17.2 Å². The molecule has 0 aliphatic rings. The number of halogens is 2. The fourth-order valence-corrected chi connectivity index (χ4v) is 2.62. The van der Waals surface area contributed by atoms with Crippen molar-refractivity contribution < 1.29 is 13.6 Å². The molecule has 3 rings (SSSR count). The molecule has 3 aromatic rings. The van der Waals surface area contributed by atoms with Gasteiger partial charge in [-0.05, 0) is 41.8 Å². The first-order valence-electron chi connectivity index (χ1n) is 8.58. The number of carbonyl (C=O) groups excluding carboxylic acids is 1. The molecule has 138 valence electrons. The summed E-state index contributed by atoms with van der Waals surface area (Å²) < 4.78 is 27.1. The summed E-state index contributed by atoms with van der Waals surface area (Å²) in [5, 5.41) is 5.80. The van der Waals surface area contributed by atoms with Crippen LogP contribution in [0.5, 0.6) is 0 Å². The lowest BCUT2D eigenvalue weighted by Crippen LogP contribution is -2.15. The molecule has 0 unspecified atom stereocenters. The van der Waals surface area contributed by atoms with E-state index in [9.17, 15) is 13.6 Å². The third-order valence-electron chi connectivity index (χ3n) is 4.01. The van der Waals surface area contributed by atoms with Crippen LogP contribution in [-0.4, -0.2) is 17.4 Å². The number of hydrogen-bond donors (Lipinski definition) is 2. The van der Waals surface area contributed by atoms with E-state index in [4.69, 9.17) is 0 Å². The van der Waals surface area contributed by atoms with Gasteiger partial charge < -0.3 is 10.6 Å². The molecule has 1 amide bonds. The Labute approximate surface area is 156 Å². The van der Waals surface area contributed by atoms with Gasteiger partial charge in [-0.1, -0.05) is 36.4 Å².